The predicted molar refractivity (Wildman–Crippen MR) is 60.4 cm³/mol. The third-order valence-corrected chi connectivity index (χ3v) is 2.86. The van der Waals surface area contributed by atoms with E-state index in [0.29, 0.717) is 0 Å². The summed E-state index contributed by atoms with van der Waals surface area (Å²) >= 11 is 0. The molecule has 82 valence electrons. The number of carbonyl (C=O) groups excluding carboxylic acids is 1. The number of aryl methyl sites for hydroxylation is 1. The van der Waals surface area contributed by atoms with Gasteiger partial charge in [-0.05, 0) is 30.9 Å². The fourth-order valence-corrected chi connectivity index (χ4v) is 1.70. The molecule has 1 aliphatic carbocycles. The molecule has 1 fully saturated rings. The van der Waals surface area contributed by atoms with E-state index < -0.39 is 6.04 Å². The molecular formula is C13H14N2O. The van der Waals surface area contributed by atoms with Gasteiger partial charge in [0.1, 0.15) is 6.04 Å². The fourth-order valence-electron chi connectivity index (χ4n) is 1.70. The number of nitrogens with zero attached hydrogens (tertiary/aromatic N) is 1. The molecule has 2 rings (SSSR count). The van der Waals surface area contributed by atoms with Crippen LogP contribution >= 0.6 is 0 Å². The maximum absolute atomic E-state index is 11.6. The number of rotatable bonds is 3. The van der Waals surface area contributed by atoms with Crippen molar-refractivity contribution in [2.45, 2.75) is 25.8 Å². The summed E-state index contributed by atoms with van der Waals surface area (Å²) < 4.78 is 0. The Morgan fingerprint density at radius 2 is 2.19 bits per heavy atom. The number of nitriles is 1. The average molecular weight is 214 g/mol. The Kier molecular flexibility index (Phi) is 2.91. The molecule has 0 aliphatic heterocycles. The molecule has 0 saturated heterocycles. The highest BCUT2D eigenvalue weighted by Crippen LogP contribution is 2.30. The van der Waals surface area contributed by atoms with E-state index in [1.54, 1.807) is 0 Å². The molecule has 0 aromatic heterocycles. The summed E-state index contributed by atoms with van der Waals surface area (Å²) in [5.41, 5.74) is 1.92. The van der Waals surface area contributed by atoms with E-state index in [1.165, 1.54) is 0 Å². The SMILES string of the molecule is Cc1ccccc1C(C#N)NC(=O)C1CC1. The number of carbonyl (C=O) groups is 1. The number of nitrogens with one attached hydrogen (secondary N) is 1. The minimum Gasteiger partial charge on any atom is -0.336 e. The lowest BCUT2D eigenvalue weighted by molar-refractivity contribution is -0.122. The Hall–Kier alpha value is -1.82. The van der Waals surface area contributed by atoms with Gasteiger partial charge in [0.25, 0.3) is 0 Å². The largest absolute Gasteiger partial charge is 0.336 e. The molecule has 3 heteroatoms. The average Bonchev–Trinajstić information content (AvgIpc) is 3.10. The second-order valence-corrected chi connectivity index (χ2v) is 4.20. The van der Waals surface area contributed by atoms with Crippen molar-refractivity contribution in [3.8, 4) is 6.07 Å². The van der Waals surface area contributed by atoms with Gasteiger partial charge in [0.2, 0.25) is 5.91 Å². The molecule has 1 atom stereocenters. The Balaban J connectivity index is 2.13. The quantitative estimate of drug-likeness (QED) is 0.837. The maximum Gasteiger partial charge on any atom is 0.224 e. The van der Waals surface area contributed by atoms with Gasteiger partial charge in [-0.25, -0.2) is 0 Å². The van der Waals surface area contributed by atoms with Gasteiger partial charge in [-0.1, -0.05) is 24.3 Å². The van der Waals surface area contributed by atoms with Crippen LogP contribution in [0, 0.1) is 24.2 Å². The van der Waals surface area contributed by atoms with Crippen LogP contribution in [0.1, 0.15) is 30.0 Å². The lowest BCUT2D eigenvalue weighted by Gasteiger charge is -2.13. The topological polar surface area (TPSA) is 52.9 Å². The van der Waals surface area contributed by atoms with E-state index in [0.717, 1.165) is 24.0 Å². The van der Waals surface area contributed by atoms with Crippen LogP contribution in [0.3, 0.4) is 0 Å². The van der Waals surface area contributed by atoms with Gasteiger partial charge in [-0.2, -0.15) is 5.26 Å². The van der Waals surface area contributed by atoms with Gasteiger partial charge in [-0.3, -0.25) is 4.79 Å². The number of hydrogen-bond donors (Lipinski definition) is 1. The Morgan fingerprint density at radius 3 is 2.75 bits per heavy atom. The molecule has 0 heterocycles. The van der Waals surface area contributed by atoms with Crippen molar-refractivity contribution in [3.63, 3.8) is 0 Å². The minimum absolute atomic E-state index is 0.00908. The predicted octanol–water partition coefficient (Wildman–Crippen LogP) is 2.09. The summed E-state index contributed by atoms with van der Waals surface area (Å²) in [7, 11) is 0. The first-order chi connectivity index (χ1) is 7.72. The van der Waals surface area contributed by atoms with Crippen molar-refractivity contribution < 1.29 is 4.79 Å². The van der Waals surface area contributed by atoms with E-state index >= 15 is 0 Å². The third-order valence-electron chi connectivity index (χ3n) is 2.86. The van der Waals surface area contributed by atoms with E-state index in [9.17, 15) is 4.79 Å². The Labute approximate surface area is 95.1 Å². The zero-order valence-corrected chi connectivity index (χ0v) is 9.23. The molecule has 0 spiro atoms. The summed E-state index contributed by atoms with van der Waals surface area (Å²) in [6.45, 7) is 1.95. The van der Waals surface area contributed by atoms with Crippen molar-refractivity contribution in [1.82, 2.24) is 5.32 Å². The third kappa shape index (κ3) is 2.22. The van der Waals surface area contributed by atoms with Crippen LogP contribution < -0.4 is 5.32 Å². The van der Waals surface area contributed by atoms with Crippen LogP contribution in [0.2, 0.25) is 0 Å². The Morgan fingerprint density at radius 1 is 1.50 bits per heavy atom. The molecule has 0 bridgehead atoms. The molecule has 3 nitrogen and oxygen atoms in total. The minimum atomic E-state index is -0.519. The lowest BCUT2D eigenvalue weighted by Crippen LogP contribution is -2.29. The molecule has 0 radical (unpaired) electrons. The summed E-state index contributed by atoms with van der Waals surface area (Å²) in [4.78, 5) is 11.6. The normalized spacial score (nSPS) is 16.2. The zero-order chi connectivity index (χ0) is 11.5. The van der Waals surface area contributed by atoms with Crippen molar-refractivity contribution in [3.05, 3.63) is 35.4 Å². The van der Waals surface area contributed by atoms with Gasteiger partial charge in [0, 0.05) is 5.92 Å². The van der Waals surface area contributed by atoms with Gasteiger partial charge in [0.15, 0.2) is 0 Å². The summed E-state index contributed by atoms with van der Waals surface area (Å²) in [5.74, 6) is 0.148. The van der Waals surface area contributed by atoms with Crippen molar-refractivity contribution in [2.24, 2.45) is 5.92 Å². The van der Waals surface area contributed by atoms with Gasteiger partial charge < -0.3 is 5.32 Å². The Bertz CT molecular complexity index is 443. The molecule has 1 N–H and O–H groups in total. The number of hydrogen-bond acceptors (Lipinski definition) is 2. The first kappa shape index (κ1) is 10.7. The van der Waals surface area contributed by atoms with E-state index in [4.69, 9.17) is 5.26 Å². The molecular weight excluding hydrogens is 200 g/mol. The molecule has 1 aromatic carbocycles. The van der Waals surface area contributed by atoms with E-state index in [2.05, 4.69) is 11.4 Å². The molecule has 1 saturated carbocycles. The van der Waals surface area contributed by atoms with Crippen LogP contribution in [-0.2, 0) is 4.79 Å². The monoisotopic (exact) mass is 214 g/mol. The number of amides is 1. The standard InChI is InChI=1S/C13H14N2O/c1-9-4-2-3-5-11(9)12(8-14)15-13(16)10-6-7-10/h2-5,10,12H,6-7H2,1H3,(H,15,16). The zero-order valence-electron chi connectivity index (χ0n) is 9.23. The van der Waals surface area contributed by atoms with Crippen LogP contribution in [-0.4, -0.2) is 5.91 Å². The summed E-state index contributed by atoms with van der Waals surface area (Å²) in [5, 5.41) is 11.9. The molecule has 1 unspecified atom stereocenters. The highest BCUT2D eigenvalue weighted by Gasteiger charge is 2.31. The smallest absolute Gasteiger partial charge is 0.224 e. The molecule has 1 aliphatic rings. The van der Waals surface area contributed by atoms with Gasteiger partial charge in [-0.15, -0.1) is 0 Å². The van der Waals surface area contributed by atoms with Crippen LogP contribution in [0.5, 0.6) is 0 Å². The molecule has 1 aromatic rings. The summed E-state index contributed by atoms with van der Waals surface area (Å²) in [6, 6.07) is 9.27. The van der Waals surface area contributed by atoms with Gasteiger partial charge in [0.05, 0.1) is 6.07 Å². The fraction of sp³-hybridized carbons (Fsp3) is 0.385. The van der Waals surface area contributed by atoms with Crippen molar-refractivity contribution >= 4 is 5.91 Å². The number of benzene rings is 1. The molecule has 16 heavy (non-hydrogen) atoms. The lowest BCUT2D eigenvalue weighted by atomic mass is 10.0. The maximum atomic E-state index is 11.6. The second-order valence-electron chi connectivity index (χ2n) is 4.20. The van der Waals surface area contributed by atoms with E-state index in [-0.39, 0.29) is 11.8 Å². The van der Waals surface area contributed by atoms with Crippen LogP contribution in [0.4, 0.5) is 0 Å². The van der Waals surface area contributed by atoms with Crippen molar-refractivity contribution in [1.29, 1.82) is 5.26 Å². The highest BCUT2D eigenvalue weighted by atomic mass is 16.2. The van der Waals surface area contributed by atoms with E-state index in [1.807, 2.05) is 31.2 Å². The van der Waals surface area contributed by atoms with Crippen molar-refractivity contribution in [2.75, 3.05) is 0 Å². The second kappa shape index (κ2) is 4.36. The highest BCUT2D eigenvalue weighted by molar-refractivity contribution is 5.81. The summed E-state index contributed by atoms with van der Waals surface area (Å²) in [6.07, 6.45) is 1.91. The van der Waals surface area contributed by atoms with Crippen LogP contribution in [0.25, 0.3) is 0 Å². The van der Waals surface area contributed by atoms with Gasteiger partial charge >= 0.3 is 0 Å². The van der Waals surface area contributed by atoms with Crippen LogP contribution in [0.15, 0.2) is 24.3 Å². The first-order valence-electron chi connectivity index (χ1n) is 5.48. The molecule has 1 amide bonds. The first-order valence-corrected chi connectivity index (χ1v) is 5.48.